The number of ether oxygens (including phenoxy) is 1. The van der Waals surface area contributed by atoms with Crippen LogP contribution in [-0.2, 0) is 12.8 Å². The number of nitrogens with zero attached hydrogens (tertiary/aromatic N) is 1. The maximum absolute atomic E-state index is 14.3. The third kappa shape index (κ3) is 4.35. The number of benzene rings is 2. The standard InChI is InChI=1S/C25H29F2N3O2/c1-3-10-30(15(2)4-5-16-13-29-23-9-6-17(26)11-20(16)23)18-12-21-19(25(28)31)7-8-22(27)24(21)32-14-18/h6-9,11,13,15,18,29H,3-5,10,12,14H2,1-2H3,(H2,28,31)/t15-,18+/m1/s1. The fourth-order valence-electron chi connectivity index (χ4n) is 4.78. The first kappa shape index (κ1) is 22.3. The van der Waals surface area contributed by atoms with Crippen LogP contribution in [0.15, 0.2) is 36.5 Å². The van der Waals surface area contributed by atoms with E-state index in [1.54, 1.807) is 12.1 Å². The molecule has 0 radical (unpaired) electrons. The summed E-state index contributed by atoms with van der Waals surface area (Å²) in [6.07, 6.45) is 5.09. The smallest absolute Gasteiger partial charge is 0.249 e. The maximum atomic E-state index is 14.3. The Balaban J connectivity index is 1.51. The number of nitrogens with one attached hydrogen (secondary N) is 1. The van der Waals surface area contributed by atoms with E-state index >= 15 is 0 Å². The minimum atomic E-state index is -0.577. The van der Waals surface area contributed by atoms with Crippen molar-refractivity contribution in [2.75, 3.05) is 13.2 Å². The summed E-state index contributed by atoms with van der Waals surface area (Å²) in [7, 11) is 0. The molecule has 0 spiro atoms. The van der Waals surface area contributed by atoms with Crippen LogP contribution < -0.4 is 10.5 Å². The predicted molar refractivity (Wildman–Crippen MR) is 121 cm³/mol. The lowest BCUT2D eigenvalue weighted by atomic mass is 9.94. The first-order chi connectivity index (χ1) is 15.4. The van der Waals surface area contributed by atoms with E-state index < -0.39 is 11.7 Å². The zero-order valence-electron chi connectivity index (χ0n) is 18.5. The minimum Gasteiger partial charge on any atom is -0.489 e. The van der Waals surface area contributed by atoms with Crippen molar-refractivity contribution in [2.45, 2.75) is 51.6 Å². The Bertz CT molecular complexity index is 1130. The molecule has 170 valence electrons. The highest BCUT2D eigenvalue weighted by atomic mass is 19.1. The minimum absolute atomic E-state index is 0.0118. The molecule has 2 heterocycles. The summed E-state index contributed by atoms with van der Waals surface area (Å²) >= 11 is 0. The molecule has 1 amide bonds. The second kappa shape index (κ2) is 9.28. The van der Waals surface area contributed by atoms with Gasteiger partial charge in [-0.15, -0.1) is 0 Å². The van der Waals surface area contributed by atoms with E-state index in [-0.39, 0.29) is 23.7 Å². The van der Waals surface area contributed by atoms with Gasteiger partial charge >= 0.3 is 0 Å². The number of primary amides is 1. The van der Waals surface area contributed by atoms with Crippen LogP contribution in [0.4, 0.5) is 8.78 Å². The third-order valence-corrected chi connectivity index (χ3v) is 6.42. The lowest BCUT2D eigenvalue weighted by Crippen LogP contribution is -2.48. The molecule has 32 heavy (non-hydrogen) atoms. The van der Waals surface area contributed by atoms with Crippen LogP contribution in [0.1, 0.15) is 48.2 Å². The first-order valence-electron chi connectivity index (χ1n) is 11.1. The fraction of sp³-hybridized carbons (Fsp3) is 0.400. The SMILES string of the molecule is CCCN([C@@H]1COc2c(F)ccc(C(N)=O)c2C1)[C@H](C)CCc1c[nH]c2ccc(F)cc12. The van der Waals surface area contributed by atoms with E-state index in [9.17, 15) is 13.6 Å². The van der Waals surface area contributed by atoms with Gasteiger partial charge in [-0.3, -0.25) is 9.69 Å². The number of aromatic nitrogens is 1. The summed E-state index contributed by atoms with van der Waals surface area (Å²) < 4.78 is 33.8. The van der Waals surface area contributed by atoms with Crippen LogP contribution in [0.25, 0.3) is 10.9 Å². The lowest BCUT2D eigenvalue weighted by Gasteiger charge is -2.39. The number of halogens is 2. The highest BCUT2D eigenvalue weighted by molar-refractivity contribution is 5.95. The van der Waals surface area contributed by atoms with Crippen molar-refractivity contribution in [1.29, 1.82) is 0 Å². The Morgan fingerprint density at radius 2 is 2.12 bits per heavy atom. The van der Waals surface area contributed by atoms with Crippen molar-refractivity contribution in [3.8, 4) is 5.75 Å². The highest BCUT2D eigenvalue weighted by Gasteiger charge is 2.32. The van der Waals surface area contributed by atoms with Crippen molar-refractivity contribution in [1.82, 2.24) is 9.88 Å². The molecule has 2 aromatic carbocycles. The number of fused-ring (bicyclic) bond motifs is 2. The summed E-state index contributed by atoms with van der Waals surface area (Å²) in [4.78, 5) is 17.5. The summed E-state index contributed by atoms with van der Waals surface area (Å²) in [5.41, 5.74) is 8.41. The fourth-order valence-corrected chi connectivity index (χ4v) is 4.78. The lowest BCUT2D eigenvalue weighted by molar-refractivity contribution is 0.0794. The monoisotopic (exact) mass is 441 g/mol. The normalized spacial score (nSPS) is 16.7. The molecule has 0 unspecified atom stereocenters. The number of aryl methyl sites for hydroxylation is 1. The summed E-state index contributed by atoms with van der Waals surface area (Å²) in [5, 5.41) is 0.913. The van der Waals surface area contributed by atoms with Gasteiger partial charge in [0.1, 0.15) is 12.4 Å². The van der Waals surface area contributed by atoms with Crippen molar-refractivity contribution < 1.29 is 18.3 Å². The van der Waals surface area contributed by atoms with Crippen LogP contribution in [0, 0.1) is 11.6 Å². The molecular formula is C25H29F2N3O2. The molecule has 0 aliphatic carbocycles. The molecular weight excluding hydrogens is 412 g/mol. The van der Waals surface area contributed by atoms with Gasteiger partial charge in [0.05, 0.1) is 0 Å². The molecule has 1 aliphatic rings. The van der Waals surface area contributed by atoms with Crippen LogP contribution in [-0.4, -0.2) is 41.0 Å². The van der Waals surface area contributed by atoms with Gasteiger partial charge in [-0.25, -0.2) is 8.78 Å². The van der Waals surface area contributed by atoms with Gasteiger partial charge in [0.25, 0.3) is 0 Å². The molecule has 5 nitrogen and oxygen atoms in total. The molecule has 1 aliphatic heterocycles. The largest absolute Gasteiger partial charge is 0.489 e. The first-order valence-corrected chi connectivity index (χ1v) is 11.1. The Morgan fingerprint density at radius 1 is 1.31 bits per heavy atom. The van der Waals surface area contributed by atoms with Gasteiger partial charge in [-0.2, -0.15) is 0 Å². The van der Waals surface area contributed by atoms with E-state index in [1.807, 2.05) is 6.20 Å². The second-order valence-corrected chi connectivity index (χ2v) is 8.57. The molecule has 3 N–H and O–H groups in total. The van der Waals surface area contributed by atoms with Gasteiger partial charge in [-0.05, 0) is 75.0 Å². The number of aromatic amines is 1. The number of rotatable bonds is 8. The third-order valence-electron chi connectivity index (χ3n) is 6.42. The Hall–Kier alpha value is -2.93. The Morgan fingerprint density at radius 3 is 2.88 bits per heavy atom. The van der Waals surface area contributed by atoms with Gasteiger partial charge in [-0.1, -0.05) is 6.92 Å². The van der Waals surface area contributed by atoms with Gasteiger partial charge in [0.2, 0.25) is 5.91 Å². The molecule has 0 fully saturated rings. The zero-order chi connectivity index (χ0) is 22.8. The summed E-state index contributed by atoms with van der Waals surface area (Å²) in [6.45, 7) is 5.50. The number of H-pyrrole nitrogens is 1. The average Bonchev–Trinajstić information content (AvgIpc) is 3.17. The quantitative estimate of drug-likeness (QED) is 0.537. The van der Waals surface area contributed by atoms with Crippen molar-refractivity contribution in [3.63, 3.8) is 0 Å². The van der Waals surface area contributed by atoms with E-state index in [1.165, 1.54) is 18.2 Å². The molecule has 0 saturated heterocycles. The molecule has 0 bridgehead atoms. The molecule has 7 heteroatoms. The number of amides is 1. The van der Waals surface area contributed by atoms with E-state index in [0.29, 0.717) is 24.2 Å². The topological polar surface area (TPSA) is 71.3 Å². The number of nitrogens with two attached hydrogens (primary N) is 1. The summed E-state index contributed by atoms with van der Waals surface area (Å²) in [6, 6.07) is 7.68. The van der Waals surface area contributed by atoms with E-state index in [4.69, 9.17) is 10.5 Å². The number of carbonyl (C=O) groups is 1. The van der Waals surface area contributed by atoms with Gasteiger partial charge in [0, 0.05) is 40.3 Å². The van der Waals surface area contributed by atoms with Crippen LogP contribution >= 0.6 is 0 Å². The van der Waals surface area contributed by atoms with E-state index in [0.717, 1.165) is 42.3 Å². The van der Waals surface area contributed by atoms with Crippen LogP contribution in [0.3, 0.4) is 0 Å². The number of hydrogen-bond donors (Lipinski definition) is 2. The average molecular weight is 442 g/mol. The van der Waals surface area contributed by atoms with E-state index in [2.05, 4.69) is 23.7 Å². The summed E-state index contributed by atoms with van der Waals surface area (Å²) in [5.74, 6) is -1.14. The molecule has 4 rings (SSSR count). The van der Waals surface area contributed by atoms with Crippen LogP contribution in [0.2, 0.25) is 0 Å². The van der Waals surface area contributed by atoms with Crippen molar-refractivity contribution in [2.24, 2.45) is 5.73 Å². The van der Waals surface area contributed by atoms with Gasteiger partial charge < -0.3 is 15.5 Å². The Kier molecular flexibility index (Phi) is 6.46. The molecule has 2 atom stereocenters. The Labute approximate surface area is 186 Å². The van der Waals surface area contributed by atoms with Crippen molar-refractivity contribution in [3.05, 3.63) is 64.9 Å². The molecule has 0 saturated carbocycles. The number of carbonyl (C=O) groups excluding carboxylic acids is 1. The van der Waals surface area contributed by atoms with Gasteiger partial charge in [0.15, 0.2) is 11.6 Å². The maximum Gasteiger partial charge on any atom is 0.249 e. The number of hydrogen-bond acceptors (Lipinski definition) is 3. The second-order valence-electron chi connectivity index (χ2n) is 8.57. The molecule has 3 aromatic rings. The van der Waals surface area contributed by atoms with Crippen molar-refractivity contribution >= 4 is 16.8 Å². The predicted octanol–water partition coefficient (Wildman–Crippen LogP) is 4.58. The highest BCUT2D eigenvalue weighted by Crippen LogP contribution is 2.33. The molecule has 1 aromatic heterocycles. The zero-order valence-corrected chi connectivity index (χ0v) is 18.5. The van der Waals surface area contributed by atoms with Crippen LogP contribution in [0.5, 0.6) is 5.75 Å².